The molecule has 0 radical (unpaired) electrons. The molecule has 2 atom stereocenters. The summed E-state index contributed by atoms with van der Waals surface area (Å²) in [6, 6.07) is 3.88. The Balaban J connectivity index is 2.79. The van der Waals surface area contributed by atoms with Crippen molar-refractivity contribution in [2.45, 2.75) is 25.6 Å². The van der Waals surface area contributed by atoms with Crippen LogP contribution < -0.4 is 5.32 Å². The molecule has 7 heteroatoms. The lowest BCUT2D eigenvalue weighted by atomic mass is 10.00. The maximum atomic E-state index is 10.9. The Labute approximate surface area is 121 Å². The van der Waals surface area contributed by atoms with E-state index in [4.69, 9.17) is 16.7 Å². The van der Waals surface area contributed by atoms with E-state index in [1.807, 2.05) is 0 Å². The number of nitrogens with one attached hydrogen (secondary N) is 1. The number of carbonyl (C=O) groups excluding carboxylic acids is 1. The first-order chi connectivity index (χ1) is 9.32. The van der Waals surface area contributed by atoms with Gasteiger partial charge in [0.05, 0.1) is 11.7 Å². The van der Waals surface area contributed by atoms with Gasteiger partial charge in [-0.25, -0.2) is 4.79 Å². The van der Waals surface area contributed by atoms with E-state index in [9.17, 15) is 19.8 Å². The van der Waals surface area contributed by atoms with E-state index in [1.54, 1.807) is 0 Å². The third kappa shape index (κ3) is 4.48. The fourth-order valence-electron chi connectivity index (χ4n) is 1.66. The van der Waals surface area contributed by atoms with Crippen LogP contribution in [0.25, 0.3) is 0 Å². The van der Waals surface area contributed by atoms with E-state index in [1.165, 1.54) is 25.1 Å². The smallest absolute Gasteiger partial charge is 0.335 e. The molecule has 2 unspecified atom stereocenters. The first-order valence-electron chi connectivity index (χ1n) is 5.96. The van der Waals surface area contributed by atoms with E-state index in [0.29, 0.717) is 0 Å². The standard InChI is InChI=1S/C13H16ClNO5/c1-7(16)15-5-4-11(17)12(18)9-6-8(13(19)20)2-3-10(9)14/h2-3,6,11-12,17-18H,4-5H2,1H3,(H,15,16)(H,19,20). The second-order valence-corrected chi connectivity index (χ2v) is 4.73. The maximum absolute atomic E-state index is 10.9. The first kappa shape index (κ1) is 16.4. The predicted molar refractivity (Wildman–Crippen MR) is 72.7 cm³/mol. The molecule has 6 nitrogen and oxygen atoms in total. The molecule has 0 heterocycles. The van der Waals surface area contributed by atoms with Crippen LogP contribution in [0, 0.1) is 0 Å². The van der Waals surface area contributed by atoms with E-state index < -0.39 is 18.2 Å². The molecule has 0 spiro atoms. The van der Waals surface area contributed by atoms with Gasteiger partial charge in [0.1, 0.15) is 6.10 Å². The van der Waals surface area contributed by atoms with Crippen molar-refractivity contribution in [2.24, 2.45) is 0 Å². The molecule has 20 heavy (non-hydrogen) atoms. The molecule has 110 valence electrons. The number of aliphatic hydroxyl groups excluding tert-OH is 2. The zero-order valence-corrected chi connectivity index (χ0v) is 11.6. The van der Waals surface area contributed by atoms with Crippen LogP contribution in [0.2, 0.25) is 5.02 Å². The molecule has 1 aromatic rings. The summed E-state index contributed by atoms with van der Waals surface area (Å²) in [6.07, 6.45) is -2.37. The number of amides is 1. The second kappa shape index (κ2) is 7.23. The monoisotopic (exact) mass is 301 g/mol. The largest absolute Gasteiger partial charge is 0.478 e. The van der Waals surface area contributed by atoms with E-state index >= 15 is 0 Å². The molecule has 0 fully saturated rings. The zero-order valence-electron chi connectivity index (χ0n) is 10.8. The third-order valence-electron chi connectivity index (χ3n) is 2.74. The molecular weight excluding hydrogens is 286 g/mol. The van der Waals surface area contributed by atoms with Gasteiger partial charge in [-0.2, -0.15) is 0 Å². The fraction of sp³-hybridized carbons (Fsp3) is 0.385. The lowest BCUT2D eigenvalue weighted by Crippen LogP contribution is -2.27. The summed E-state index contributed by atoms with van der Waals surface area (Å²) in [5.41, 5.74) is 0.111. The van der Waals surface area contributed by atoms with Gasteiger partial charge in [0.2, 0.25) is 5.91 Å². The van der Waals surface area contributed by atoms with Crippen molar-refractivity contribution in [3.63, 3.8) is 0 Å². The number of carboxylic acids is 1. The summed E-state index contributed by atoms with van der Waals surface area (Å²) >= 11 is 5.89. The Morgan fingerprint density at radius 2 is 2.00 bits per heavy atom. The topological polar surface area (TPSA) is 107 Å². The number of hydrogen-bond donors (Lipinski definition) is 4. The van der Waals surface area contributed by atoms with Crippen molar-refractivity contribution < 1.29 is 24.9 Å². The Morgan fingerprint density at radius 3 is 2.55 bits per heavy atom. The van der Waals surface area contributed by atoms with Gasteiger partial charge in [-0.15, -0.1) is 0 Å². The highest BCUT2D eigenvalue weighted by Gasteiger charge is 2.22. The molecule has 4 N–H and O–H groups in total. The molecule has 0 aliphatic rings. The van der Waals surface area contributed by atoms with Crippen molar-refractivity contribution in [1.29, 1.82) is 0 Å². The van der Waals surface area contributed by atoms with E-state index in [2.05, 4.69) is 5.32 Å². The van der Waals surface area contributed by atoms with Crippen LogP contribution in [-0.4, -0.2) is 39.8 Å². The molecule has 0 aromatic heterocycles. The number of benzene rings is 1. The SMILES string of the molecule is CC(=O)NCCC(O)C(O)c1cc(C(=O)O)ccc1Cl. The van der Waals surface area contributed by atoms with Gasteiger partial charge in [-0.3, -0.25) is 4.79 Å². The van der Waals surface area contributed by atoms with Gasteiger partial charge in [0.25, 0.3) is 0 Å². The van der Waals surface area contributed by atoms with Crippen LogP contribution in [0.5, 0.6) is 0 Å². The van der Waals surface area contributed by atoms with Crippen molar-refractivity contribution in [3.8, 4) is 0 Å². The summed E-state index contributed by atoms with van der Waals surface area (Å²) in [7, 11) is 0. The van der Waals surface area contributed by atoms with Crippen LogP contribution in [0.15, 0.2) is 18.2 Å². The normalized spacial score (nSPS) is 13.6. The fourth-order valence-corrected chi connectivity index (χ4v) is 1.89. The quantitative estimate of drug-likeness (QED) is 0.626. The number of aromatic carboxylic acids is 1. The molecular formula is C13H16ClNO5. The number of carbonyl (C=O) groups is 2. The maximum Gasteiger partial charge on any atom is 0.335 e. The average molecular weight is 302 g/mol. The Hall–Kier alpha value is -1.63. The van der Waals surface area contributed by atoms with Crippen molar-refractivity contribution in [3.05, 3.63) is 34.3 Å². The lowest BCUT2D eigenvalue weighted by molar-refractivity contribution is -0.119. The molecule has 0 aliphatic heterocycles. The minimum Gasteiger partial charge on any atom is -0.478 e. The minimum atomic E-state index is -1.32. The lowest BCUT2D eigenvalue weighted by Gasteiger charge is -2.19. The van der Waals surface area contributed by atoms with E-state index in [-0.39, 0.29) is 35.0 Å². The molecule has 0 bridgehead atoms. The van der Waals surface area contributed by atoms with Crippen molar-refractivity contribution in [1.82, 2.24) is 5.32 Å². The van der Waals surface area contributed by atoms with Crippen LogP contribution in [0.1, 0.15) is 35.4 Å². The van der Waals surface area contributed by atoms with Gasteiger partial charge in [0.15, 0.2) is 0 Å². The Morgan fingerprint density at radius 1 is 1.35 bits per heavy atom. The summed E-state index contributed by atoms with van der Waals surface area (Å²) in [5, 5.41) is 31.4. The van der Waals surface area contributed by atoms with Gasteiger partial charge in [-0.05, 0) is 24.6 Å². The molecule has 0 aliphatic carbocycles. The summed E-state index contributed by atoms with van der Waals surface area (Å²) in [5.74, 6) is -1.39. The molecule has 1 aromatic carbocycles. The van der Waals surface area contributed by atoms with E-state index in [0.717, 1.165) is 0 Å². The Bertz CT molecular complexity index is 506. The van der Waals surface area contributed by atoms with Gasteiger partial charge in [0, 0.05) is 24.1 Å². The zero-order chi connectivity index (χ0) is 15.3. The summed E-state index contributed by atoms with van der Waals surface area (Å²) < 4.78 is 0. The molecule has 0 saturated heterocycles. The second-order valence-electron chi connectivity index (χ2n) is 4.33. The number of aliphatic hydroxyl groups is 2. The number of halogens is 1. The highest BCUT2D eigenvalue weighted by molar-refractivity contribution is 6.31. The number of rotatable bonds is 6. The minimum absolute atomic E-state index is 0.0301. The number of hydrogen-bond acceptors (Lipinski definition) is 4. The van der Waals surface area contributed by atoms with Crippen LogP contribution in [0.3, 0.4) is 0 Å². The van der Waals surface area contributed by atoms with Crippen LogP contribution >= 0.6 is 11.6 Å². The first-order valence-corrected chi connectivity index (χ1v) is 6.34. The molecule has 1 amide bonds. The highest BCUT2D eigenvalue weighted by atomic mass is 35.5. The predicted octanol–water partition coefficient (Wildman–Crippen LogP) is 0.959. The number of carboxylic acid groups (broad SMARTS) is 1. The summed E-state index contributed by atoms with van der Waals surface area (Å²) in [4.78, 5) is 21.6. The van der Waals surface area contributed by atoms with Gasteiger partial charge < -0.3 is 20.6 Å². The van der Waals surface area contributed by atoms with Gasteiger partial charge >= 0.3 is 5.97 Å². The highest BCUT2D eigenvalue weighted by Crippen LogP contribution is 2.27. The van der Waals surface area contributed by atoms with Crippen molar-refractivity contribution >= 4 is 23.5 Å². The third-order valence-corrected chi connectivity index (χ3v) is 3.08. The molecule has 0 saturated carbocycles. The van der Waals surface area contributed by atoms with Crippen LogP contribution in [0.4, 0.5) is 0 Å². The Kier molecular flexibility index (Phi) is 5.94. The van der Waals surface area contributed by atoms with Crippen LogP contribution in [-0.2, 0) is 4.79 Å². The molecule has 1 rings (SSSR count). The van der Waals surface area contributed by atoms with Crippen molar-refractivity contribution in [2.75, 3.05) is 6.54 Å². The summed E-state index contributed by atoms with van der Waals surface area (Å²) in [6.45, 7) is 1.54. The average Bonchev–Trinajstić information content (AvgIpc) is 2.37. The van der Waals surface area contributed by atoms with Gasteiger partial charge in [-0.1, -0.05) is 11.6 Å².